The van der Waals surface area contributed by atoms with Gasteiger partial charge in [0.15, 0.2) is 5.82 Å². The highest BCUT2D eigenvalue weighted by Gasteiger charge is 2.67. The molecule has 140 valence electrons. The van der Waals surface area contributed by atoms with Crippen LogP contribution in [0.5, 0.6) is 0 Å². The van der Waals surface area contributed by atoms with Crippen molar-refractivity contribution in [1.82, 2.24) is 19.9 Å². The summed E-state index contributed by atoms with van der Waals surface area (Å²) >= 11 is 0. The molecule has 2 saturated heterocycles. The number of fused-ring (bicyclic) bond motifs is 1. The number of hydrogen-bond donors (Lipinski definition) is 0. The maximum atomic E-state index is 13.1. The molecule has 9 heteroatoms. The predicted octanol–water partition coefficient (Wildman–Crippen LogP) is -0.235. The molecule has 0 aliphatic carbocycles. The first-order valence-corrected chi connectivity index (χ1v) is 8.64. The number of rotatable bonds is 6. The van der Waals surface area contributed by atoms with Gasteiger partial charge in [0.05, 0.1) is 37.6 Å². The summed E-state index contributed by atoms with van der Waals surface area (Å²) in [5.41, 5.74) is -0.695. The Hall–Kier alpha value is -2.26. The third-order valence-corrected chi connectivity index (χ3v) is 5.35. The minimum absolute atomic E-state index is 0.0453. The fourth-order valence-electron chi connectivity index (χ4n) is 4.20. The highest BCUT2D eigenvalue weighted by molar-refractivity contribution is 5.92. The van der Waals surface area contributed by atoms with Crippen molar-refractivity contribution >= 4 is 11.8 Å². The maximum Gasteiger partial charge on any atom is 0.230 e. The lowest BCUT2D eigenvalue weighted by molar-refractivity contribution is -0.143. The van der Waals surface area contributed by atoms with Crippen LogP contribution in [0, 0.1) is 18.8 Å². The molecule has 1 aromatic heterocycles. The van der Waals surface area contributed by atoms with E-state index in [0.29, 0.717) is 31.4 Å². The molecule has 9 nitrogen and oxygen atoms in total. The van der Waals surface area contributed by atoms with E-state index in [4.69, 9.17) is 14.0 Å². The number of methoxy groups -OCH3 is 1. The first kappa shape index (κ1) is 17.2. The molecule has 1 spiro atoms. The van der Waals surface area contributed by atoms with Gasteiger partial charge >= 0.3 is 0 Å². The van der Waals surface area contributed by atoms with Crippen LogP contribution >= 0.6 is 0 Å². The SMILES string of the molecule is COCCN1C[C@]23C=C[C@H](O2)[C@@H](C(=O)N(C)Cc2noc(C)n2)[C@H]3C1=O. The second-order valence-electron chi connectivity index (χ2n) is 7.08. The summed E-state index contributed by atoms with van der Waals surface area (Å²) in [4.78, 5) is 33.4. The van der Waals surface area contributed by atoms with E-state index in [1.807, 2.05) is 12.2 Å². The zero-order chi connectivity index (χ0) is 18.5. The zero-order valence-corrected chi connectivity index (χ0v) is 15.0. The minimum atomic E-state index is -0.695. The van der Waals surface area contributed by atoms with Gasteiger partial charge in [-0.3, -0.25) is 9.59 Å². The number of aryl methyl sites for hydroxylation is 1. The highest BCUT2D eigenvalue weighted by Crippen LogP contribution is 2.52. The van der Waals surface area contributed by atoms with Gasteiger partial charge in [-0.05, 0) is 0 Å². The van der Waals surface area contributed by atoms with Crippen molar-refractivity contribution < 1.29 is 23.6 Å². The predicted molar refractivity (Wildman–Crippen MR) is 87.7 cm³/mol. The first-order valence-electron chi connectivity index (χ1n) is 8.64. The Balaban J connectivity index is 1.52. The maximum absolute atomic E-state index is 13.1. The minimum Gasteiger partial charge on any atom is -0.383 e. The number of carbonyl (C=O) groups excluding carboxylic acids is 2. The van der Waals surface area contributed by atoms with E-state index >= 15 is 0 Å². The second-order valence-corrected chi connectivity index (χ2v) is 7.08. The van der Waals surface area contributed by atoms with E-state index in [9.17, 15) is 9.59 Å². The lowest BCUT2D eigenvalue weighted by Crippen LogP contribution is -2.44. The molecule has 1 aromatic rings. The summed E-state index contributed by atoms with van der Waals surface area (Å²) < 4.78 is 16.1. The van der Waals surface area contributed by atoms with Gasteiger partial charge in [-0.15, -0.1) is 0 Å². The first-order chi connectivity index (χ1) is 12.4. The van der Waals surface area contributed by atoms with Crippen LogP contribution in [-0.2, 0) is 25.6 Å². The fraction of sp³-hybridized carbons (Fsp3) is 0.647. The van der Waals surface area contributed by atoms with Crippen LogP contribution in [-0.4, -0.2) is 77.3 Å². The van der Waals surface area contributed by atoms with E-state index in [0.717, 1.165) is 0 Å². The molecular formula is C17H22N4O5. The van der Waals surface area contributed by atoms with E-state index in [1.165, 1.54) is 4.90 Å². The second kappa shape index (κ2) is 6.17. The van der Waals surface area contributed by atoms with Gasteiger partial charge in [-0.1, -0.05) is 17.3 Å². The molecule has 2 fully saturated rings. The number of ether oxygens (including phenoxy) is 2. The molecule has 3 aliphatic heterocycles. The highest BCUT2D eigenvalue weighted by atomic mass is 16.5. The smallest absolute Gasteiger partial charge is 0.230 e. The number of aromatic nitrogens is 2. The fourth-order valence-corrected chi connectivity index (χ4v) is 4.20. The number of amides is 2. The van der Waals surface area contributed by atoms with Crippen LogP contribution in [0.15, 0.2) is 16.7 Å². The molecule has 0 unspecified atom stereocenters. The zero-order valence-electron chi connectivity index (χ0n) is 15.0. The van der Waals surface area contributed by atoms with Crippen molar-refractivity contribution in [2.45, 2.75) is 25.2 Å². The molecule has 0 saturated carbocycles. The van der Waals surface area contributed by atoms with E-state index < -0.39 is 17.4 Å². The van der Waals surface area contributed by atoms with Crippen LogP contribution in [0.4, 0.5) is 0 Å². The van der Waals surface area contributed by atoms with E-state index in [2.05, 4.69) is 10.1 Å². The molecule has 4 atom stereocenters. The van der Waals surface area contributed by atoms with Gasteiger partial charge in [-0.25, -0.2) is 0 Å². The summed E-state index contributed by atoms with van der Waals surface area (Å²) in [7, 11) is 3.28. The summed E-state index contributed by atoms with van der Waals surface area (Å²) in [6, 6.07) is 0. The van der Waals surface area contributed by atoms with Crippen molar-refractivity contribution in [2.75, 3.05) is 33.9 Å². The topological polar surface area (TPSA) is 98.0 Å². The van der Waals surface area contributed by atoms with Gasteiger partial charge in [0.2, 0.25) is 17.7 Å². The molecule has 0 N–H and O–H groups in total. The quantitative estimate of drug-likeness (QED) is 0.645. The Morgan fingerprint density at radius 1 is 1.54 bits per heavy atom. The number of nitrogens with zero attached hydrogens (tertiary/aromatic N) is 4. The van der Waals surface area contributed by atoms with Crippen molar-refractivity contribution in [3.8, 4) is 0 Å². The van der Waals surface area contributed by atoms with Crippen LogP contribution in [0.1, 0.15) is 11.7 Å². The molecule has 2 amide bonds. The lowest BCUT2D eigenvalue weighted by atomic mass is 9.76. The molecule has 0 aromatic carbocycles. The molecular weight excluding hydrogens is 340 g/mol. The van der Waals surface area contributed by atoms with Crippen LogP contribution < -0.4 is 0 Å². The number of likely N-dealkylation sites (tertiary alicyclic amines) is 1. The van der Waals surface area contributed by atoms with Crippen LogP contribution in [0.25, 0.3) is 0 Å². The third kappa shape index (κ3) is 2.53. The summed E-state index contributed by atoms with van der Waals surface area (Å²) in [5.74, 6) is -0.320. The van der Waals surface area contributed by atoms with Crippen molar-refractivity contribution in [3.63, 3.8) is 0 Å². The normalized spacial score (nSPS) is 31.7. The molecule has 3 aliphatic rings. The summed E-state index contributed by atoms with van der Waals surface area (Å²) in [5, 5.41) is 3.82. The van der Waals surface area contributed by atoms with Crippen LogP contribution in [0.2, 0.25) is 0 Å². The van der Waals surface area contributed by atoms with Crippen molar-refractivity contribution in [1.29, 1.82) is 0 Å². The van der Waals surface area contributed by atoms with Gasteiger partial charge in [0.1, 0.15) is 5.60 Å². The van der Waals surface area contributed by atoms with Gasteiger partial charge < -0.3 is 23.8 Å². The Morgan fingerprint density at radius 2 is 2.35 bits per heavy atom. The van der Waals surface area contributed by atoms with Gasteiger partial charge in [0, 0.05) is 27.6 Å². The largest absolute Gasteiger partial charge is 0.383 e. The Kier molecular flexibility index (Phi) is 4.07. The Labute approximate surface area is 150 Å². The lowest BCUT2D eigenvalue weighted by Gasteiger charge is -2.27. The Bertz CT molecular complexity index is 762. The van der Waals surface area contributed by atoms with E-state index in [1.54, 1.807) is 26.0 Å². The average Bonchev–Trinajstić information content (AvgIpc) is 3.34. The molecule has 4 rings (SSSR count). The third-order valence-electron chi connectivity index (χ3n) is 5.35. The van der Waals surface area contributed by atoms with Crippen molar-refractivity contribution in [2.24, 2.45) is 11.8 Å². The molecule has 4 heterocycles. The standard InChI is InChI=1S/C17H22N4O5/c1-10-18-12(19-26-10)8-20(2)15(22)13-11-4-5-17(25-11)9-21(6-7-24-3)16(23)14(13)17/h4-5,11,13-14H,6-9H2,1-3H3/t11-,13+,14-,17-/m0/s1. The van der Waals surface area contributed by atoms with Crippen LogP contribution in [0.3, 0.4) is 0 Å². The molecule has 0 radical (unpaired) electrons. The number of carbonyl (C=O) groups is 2. The van der Waals surface area contributed by atoms with Gasteiger partial charge in [0.25, 0.3) is 0 Å². The monoisotopic (exact) mass is 362 g/mol. The number of hydrogen-bond acceptors (Lipinski definition) is 7. The van der Waals surface area contributed by atoms with Crippen molar-refractivity contribution in [3.05, 3.63) is 23.9 Å². The molecule has 2 bridgehead atoms. The summed E-state index contributed by atoms with van der Waals surface area (Å²) in [6.45, 7) is 3.34. The van der Waals surface area contributed by atoms with E-state index in [-0.39, 0.29) is 24.5 Å². The summed E-state index contributed by atoms with van der Waals surface area (Å²) in [6.07, 6.45) is 3.48. The average molecular weight is 362 g/mol. The van der Waals surface area contributed by atoms with Gasteiger partial charge in [-0.2, -0.15) is 4.98 Å². The Morgan fingerprint density at radius 3 is 3.04 bits per heavy atom. The molecule has 26 heavy (non-hydrogen) atoms.